The molecule has 104 valence electrons. The molecule has 1 rings (SSSR count). The van der Waals surface area contributed by atoms with E-state index in [9.17, 15) is 9.59 Å². The topological polar surface area (TPSA) is 43.4 Å². The molecule has 0 heterocycles. The van der Waals surface area contributed by atoms with Gasteiger partial charge in [0.25, 0.3) is 0 Å². The Labute approximate surface area is 115 Å². The van der Waals surface area contributed by atoms with Crippen molar-refractivity contribution in [3.63, 3.8) is 0 Å². The molecule has 0 aliphatic heterocycles. The first-order chi connectivity index (χ1) is 9.19. The number of ether oxygens (including phenoxy) is 1. The molecule has 0 bridgehead atoms. The first kappa shape index (κ1) is 15.4. The lowest BCUT2D eigenvalue weighted by atomic mass is 9.99. The van der Waals surface area contributed by atoms with Crippen molar-refractivity contribution >= 4 is 11.8 Å². The van der Waals surface area contributed by atoms with E-state index in [0.717, 1.165) is 30.4 Å². The maximum Gasteiger partial charge on any atom is 0.306 e. The van der Waals surface area contributed by atoms with Crippen molar-refractivity contribution in [2.45, 2.75) is 46.0 Å². The summed E-state index contributed by atoms with van der Waals surface area (Å²) in [5.74, 6) is -0.263. The zero-order valence-electron chi connectivity index (χ0n) is 11.8. The predicted molar refractivity (Wildman–Crippen MR) is 75.3 cm³/mol. The van der Waals surface area contributed by atoms with Gasteiger partial charge in [-0.2, -0.15) is 0 Å². The summed E-state index contributed by atoms with van der Waals surface area (Å²) >= 11 is 0. The number of unbranched alkanes of at least 4 members (excludes halogenated alkanes) is 1. The second kappa shape index (κ2) is 8.46. The fourth-order valence-electron chi connectivity index (χ4n) is 1.85. The largest absolute Gasteiger partial charge is 0.466 e. The van der Waals surface area contributed by atoms with Crippen molar-refractivity contribution < 1.29 is 14.3 Å². The van der Waals surface area contributed by atoms with Gasteiger partial charge in [0.05, 0.1) is 13.0 Å². The number of carbonyl (C=O) groups excluding carboxylic acids is 2. The summed E-state index contributed by atoms with van der Waals surface area (Å²) < 4.78 is 5.03. The highest BCUT2D eigenvalue weighted by Crippen LogP contribution is 2.13. The fraction of sp³-hybridized carbons (Fsp3) is 0.500. The van der Waals surface area contributed by atoms with Gasteiger partial charge in [-0.05, 0) is 18.4 Å². The molecule has 19 heavy (non-hydrogen) atoms. The van der Waals surface area contributed by atoms with Crippen LogP contribution in [0.3, 0.4) is 0 Å². The second-order valence-corrected chi connectivity index (χ2v) is 4.51. The molecule has 0 saturated heterocycles. The van der Waals surface area contributed by atoms with Crippen LogP contribution in [-0.4, -0.2) is 18.4 Å². The molecule has 0 atom stereocenters. The Bertz CT molecular complexity index is 424. The van der Waals surface area contributed by atoms with Gasteiger partial charge in [-0.3, -0.25) is 9.59 Å². The summed E-state index contributed by atoms with van der Waals surface area (Å²) in [7, 11) is 0. The summed E-state index contributed by atoms with van der Waals surface area (Å²) in [4.78, 5) is 23.5. The van der Waals surface area contributed by atoms with Crippen LogP contribution in [0.15, 0.2) is 24.3 Å². The Hall–Kier alpha value is -1.64. The SMILES string of the molecule is CCCCOC(=O)CCC(=O)c1ccccc1CC. The quantitative estimate of drug-likeness (QED) is 0.409. The molecule has 0 amide bonds. The van der Waals surface area contributed by atoms with Crippen molar-refractivity contribution in [2.75, 3.05) is 6.61 Å². The number of esters is 1. The normalized spacial score (nSPS) is 10.2. The Kier molecular flexibility index (Phi) is 6.86. The van der Waals surface area contributed by atoms with Gasteiger partial charge >= 0.3 is 5.97 Å². The van der Waals surface area contributed by atoms with Gasteiger partial charge in [-0.1, -0.05) is 44.5 Å². The van der Waals surface area contributed by atoms with Crippen LogP contribution in [-0.2, 0) is 16.0 Å². The third kappa shape index (κ3) is 5.25. The number of carbonyl (C=O) groups is 2. The molecule has 0 unspecified atom stereocenters. The van der Waals surface area contributed by atoms with Crippen LogP contribution in [0.25, 0.3) is 0 Å². The van der Waals surface area contributed by atoms with E-state index < -0.39 is 0 Å². The van der Waals surface area contributed by atoms with E-state index in [1.165, 1.54) is 0 Å². The van der Waals surface area contributed by atoms with Crippen LogP contribution in [0.4, 0.5) is 0 Å². The number of hydrogen-bond acceptors (Lipinski definition) is 3. The van der Waals surface area contributed by atoms with Crippen molar-refractivity contribution in [1.82, 2.24) is 0 Å². The van der Waals surface area contributed by atoms with Crippen LogP contribution in [0.2, 0.25) is 0 Å². The molecule has 0 aromatic heterocycles. The Balaban J connectivity index is 2.44. The summed E-state index contributed by atoms with van der Waals surface area (Å²) in [6, 6.07) is 7.55. The van der Waals surface area contributed by atoms with Crippen LogP contribution < -0.4 is 0 Å². The number of aryl methyl sites for hydroxylation is 1. The molecule has 3 heteroatoms. The minimum absolute atomic E-state index is 0.0184. The molecule has 0 aliphatic carbocycles. The number of benzene rings is 1. The van der Waals surface area contributed by atoms with Gasteiger partial charge < -0.3 is 4.74 Å². The highest BCUT2D eigenvalue weighted by molar-refractivity contribution is 5.98. The average Bonchev–Trinajstić information content (AvgIpc) is 2.45. The lowest BCUT2D eigenvalue weighted by molar-refractivity contribution is -0.143. The van der Waals surface area contributed by atoms with E-state index >= 15 is 0 Å². The maximum absolute atomic E-state index is 12.1. The van der Waals surface area contributed by atoms with Crippen molar-refractivity contribution in [1.29, 1.82) is 0 Å². The molecule has 0 saturated carbocycles. The molecular formula is C16H22O3. The minimum Gasteiger partial charge on any atom is -0.466 e. The highest BCUT2D eigenvalue weighted by atomic mass is 16.5. The van der Waals surface area contributed by atoms with Gasteiger partial charge in [0.2, 0.25) is 0 Å². The van der Waals surface area contributed by atoms with E-state index in [1.807, 2.05) is 38.1 Å². The van der Waals surface area contributed by atoms with E-state index in [2.05, 4.69) is 0 Å². The molecule has 0 radical (unpaired) electrons. The van der Waals surface area contributed by atoms with Crippen LogP contribution in [0, 0.1) is 0 Å². The summed E-state index contributed by atoms with van der Waals surface area (Å²) in [5.41, 5.74) is 1.76. The maximum atomic E-state index is 12.1. The molecule has 3 nitrogen and oxygen atoms in total. The van der Waals surface area contributed by atoms with Crippen molar-refractivity contribution in [3.05, 3.63) is 35.4 Å². The molecule has 0 N–H and O–H groups in total. The summed E-state index contributed by atoms with van der Waals surface area (Å²) in [6.45, 7) is 4.51. The zero-order chi connectivity index (χ0) is 14.1. The first-order valence-electron chi connectivity index (χ1n) is 6.95. The van der Waals surface area contributed by atoms with Gasteiger partial charge in [0.15, 0.2) is 5.78 Å². The predicted octanol–water partition coefficient (Wildman–Crippen LogP) is 3.56. The Morgan fingerprint density at radius 2 is 1.84 bits per heavy atom. The summed E-state index contributed by atoms with van der Waals surface area (Å²) in [5, 5.41) is 0. The van der Waals surface area contributed by atoms with E-state index in [1.54, 1.807) is 0 Å². The number of Topliss-reactive ketones (excluding diaryl/α,β-unsaturated/α-hetero) is 1. The number of hydrogen-bond donors (Lipinski definition) is 0. The first-order valence-corrected chi connectivity index (χ1v) is 6.95. The van der Waals surface area contributed by atoms with Crippen LogP contribution in [0.5, 0.6) is 0 Å². The van der Waals surface area contributed by atoms with Gasteiger partial charge in [-0.25, -0.2) is 0 Å². The average molecular weight is 262 g/mol. The van der Waals surface area contributed by atoms with E-state index in [-0.39, 0.29) is 24.6 Å². The lowest BCUT2D eigenvalue weighted by Crippen LogP contribution is -2.10. The Morgan fingerprint density at radius 1 is 1.11 bits per heavy atom. The standard InChI is InChI=1S/C16H22O3/c1-3-5-12-19-16(18)11-10-15(17)14-9-7-6-8-13(14)4-2/h6-9H,3-5,10-12H2,1-2H3. The van der Waals surface area contributed by atoms with Crippen molar-refractivity contribution in [2.24, 2.45) is 0 Å². The molecule has 1 aromatic carbocycles. The second-order valence-electron chi connectivity index (χ2n) is 4.51. The van der Waals surface area contributed by atoms with Crippen LogP contribution >= 0.6 is 0 Å². The van der Waals surface area contributed by atoms with Gasteiger partial charge in [0.1, 0.15) is 0 Å². The highest BCUT2D eigenvalue weighted by Gasteiger charge is 2.12. The lowest BCUT2D eigenvalue weighted by Gasteiger charge is -2.07. The number of ketones is 1. The molecular weight excluding hydrogens is 240 g/mol. The molecule has 0 spiro atoms. The molecule has 0 aliphatic rings. The minimum atomic E-state index is -0.282. The van der Waals surface area contributed by atoms with Gasteiger partial charge in [-0.15, -0.1) is 0 Å². The van der Waals surface area contributed by atoms with E-state index in [4.69, 9.17) is 4.74 Å². The molecule has 0 fully saturated rings. The zero-order valence-corrected chi connectivity index (χ0v) is 11.8. The van der Waals surface area contributed by atoms with E-state index in [0.29, 0.717) is 6.61 Å². The van der Waals surface area contributed by atoms with Gasteiger partial charge in [0, 0.05) is 12.0 Å². The third-order valence-corrected chi connectivity index (χ3v) is 3.02. The Morgan fingerprint density at radius 3 is 2.53 bits per heavy atom. The fourth-order valence-corrected chi connectivity index (χ4v) is 1.85. The third-order valence-electron chi connectivity index (χ3n) is 3.02. The monoisotopic (exact) mass is 262 g/mol. The number of rotatable bonds is 8. The van der Waals surface area contributed by atoms with Crippen LogP contribution in [0.1, 0.15) is 55.5 Å². The van der Waals surface area contributed by atoms with Crippen molar-refractivity contribution in [3.8, 4) is 0 Å². The smallest absolute Gasteiger partial charge is 0.306 e. The molecule has 1 aromatic rings. The summed E-state index contributed by atoms with van der Waals surface area (Å²) in [6.07, 6.45) is 3.08.